The maximum absolute atomic E-state index is 10.8. The van der Waals surface area contributed by atoms with Crippen molar-refractivity contribution in [3.8, 4) is 0 Å². The summed E-state index contributed by atoms with van der Waals surface area (Å²) in [7, 11) is 0. The van der Waals surface area contributed by atoms with Crippen molar-refractivity contribution in [1.29, 1.82) is 0 Å². The number of ether oxygens (including phenoxy) is 1. The third-order valence-corrected chi connectivity index (χ3v) is 6.61. The Kier molecular flexibility index (Phi) is 7.86. The third-order valence-electron chi connectivity index (χ3n) is 5.20. The second kappa shape index (κ2) is 9.44. The Morgan fingerprint density at radius 3 is 2.60 bits per heavy atom. The Bertz CT molecular complexity index is 441. The van der Waals surface area contributed by atoms with Crippen LogP contribution in [0.15, 0.2) is 4.99 Å². The molecule has 0 radical (unpaired) electrons. The minimum absolute atomic E-state index is 0.0000998. The molecule has 1 heterocycles. The van der Waals surface area contributed by atoms with Crippen LogP contribution in [0.5, 0.6) is 0 Å². The SMILES string of the molecule is CCNC(=NCC(C)(C)N1CCOCC1)NCC1(O)CCC1SCC. The zero-order chi connectivity index (χ0) is 18.3. The van der Waals surface area contributed by atoms with Crippen molar-refractivity contribution >= 4 is 17.7 Å². The van der Waals surface area contributed by atoms with Crippen molar-refractivity contribution in [1.82, 2.24) is 15.5 Å². The average Bonchev–Trinajstić information content (AvgIpc) is 2.61. The van der Waals surface area contributed by atoms with Crippen LogP contribution in [0.3, 0.4) is 0 Å². The minimum atomic E-state index is -0.601. The Labute approximate surface area is 157 Å². The summed E-state index contributed by atoms with van der Waals surface area (Å²) in [6.07, 6.45) is 1.98. The van der Waals surface area contributed by atoms with E-state index in [0.29, 0.717) is 18.3 Å². The van der Waals surface area contributed by atoms with E-state index in [1.54, 1.807) is 0 Å². The van der Waals surface area contributed by atoms with Gasteiger partial charge in [-0.3, -0.25) is 9.89 Å². The van der Waals surface area contributed by atoms with E-state index >= 15 is 0 Å². The smallest absolute Gasteiger partial charge is 0.191 e. The molecule has 0 aromatic carbocycles. The van der Waals surface area contributed by atoms with E-state index in [-0.39, 0.29) is 5.54 Å². The number of aliphatic hydroxyl groups is 1. The van der Waals surface area contributed by atoms with Crippen molar-refractivity contribution in [2.75, 3.05) is 51.7 Å². The maximum atomic E-state index is 10.8. The summed E-state index contributed by atoms with van der Waals surface area (Å²) in [5.41, 5.74) is -0.601. The molecule has 7 heteroatoms. The van der Waals surface area contributed by atoms with E-state index < -0.39 is 5.60 Å². The predicted octanol–water partition coefficient (Wildman–Crippen LogP) is 1.30. The standard InChI is InChI=1S/C18H36N4O2S/c1-5-19-16(21-14-18(23)8-7-15(18)25-6-2)20-13-17(3,4)22-9-11-24-12-10-22/h15,23H,5-14H2,1-4H3,(H2,19,20,21). The number of morpholine rings is 1. The van der Waals surface area contributed by atoms with Gasteiger partial charge in [-0.1, -0.05) is 6.92 Å². The maximum Gasteiger partial charge on any atom is 0.191 e. The molecule has 1 saturated carbocycles. The fourth-order valence-electron chi connectivity index (χ4n) is 3.36. The van der Waals surface area contributed by atoms with E-state index in [4.69, 9.17) is 9.73 Å². The summed E-state index contributed by atoms with van der Waals surface area (Å²) in [5, 5.41) is 17.8. The lowest BCUT2D eigenvalue weighted by molar-refractivity contribution is -0.0199. The topological polar surface area (TPSA) is 69.1 Å². The van der Waals surface area contributed by atoms with Crippen molar-refractivity contribution in [3.63, 3.8) is 0 Å². The van der Waals surface area contributed by atoms with Gasteiger partial charge in [-0.15, -0.1) is 0 Å². The Balaban J connectivity index is 1.89. The summed E-state index contributed by atoms with van der Waals surface area (Å²) >= 11 is 1.86. The summed E-state index contributed by atoms with van der Waals surface area (Å²) < 4.78 is 5.45. The van der Waals surface area contributed by atoms with Crippen molar-refractivity contribution in [2.24, 2.45) is 4.99 Å². The van der Waals surface area contributed by atoms with E-state index in [0.717, 1.165) is 57.4 Å². The van der Waals surface area contributed by atoms with Gasteiger partial charge in [0.05, 0.1) is 25.4 Å². The fourth-order valence-corrected chi connectivity index (χ4v) is 4.56. The number of aliphatic imine (C=N–C) groups is 1. The van der Waals surface area contributed by atoms with Crippen molar-refractivity contribution < 1.29 is 9.84 Å². The number of nitrogens with one attached hydrogen (secondary N) is 2. The van der Waals surface area contributed by atoms with Gasteiger partial charge in [0.15, 0.2) is 5.96 Å². The first-order valence-corrected chi connectivity index (χ1v) is 10.6. The molecule has 6 nitrogen and oxygen atoms in total. The molecule has 2 fully saturated rings. The first kappa shape index (κ1) is 20.8. The Morgan fingerprint density at radius 1 is 1.32 bits per heavy atom. The Hall–Kier alpha value is -0.500. The molecule has 0 aromatic heterocycles. The quantitative estimate of drug-likeness (QED) is 0.441. The first-order valence-electron chi connectivity index (χ1n) is 9.60. The van der Waals surface area contributed by atoms with Crippen LogP contribution >= 0.6 is 11.8 Å². The molecule has 0 amide bonds. The lowest BCUT2D eigenvalue weighted by Crippen LogP contribution is -2.58. The van der Waals surface area contributed by atoms with Gasteiger partial charge in [-0.2, -0.15) is 11.8 Å². The monoisotopic (exact) mass is 372 g/mol. The predicted molar refractivity (Wildman–Crippen MR) is 107 cm³/mol. The number of hydrogen-bond acceptors (Lipinski definition) is 5. The van der Waals surface area contributed by atoms with E-state index in [1.807, 2.05) is 11.8 Å². The third kappa shape index (κ3) is 5.74. The first-order chi connectivity index (χ1) is 11.9. The fraction of sp³-hybridized carbons (Fsp3) is 0.944. The molecule has 146 valence electrons. The van der Waals surface area contributed by atoms with E-state index in [2.05, 4.69) is 43.2 Å². The zero-order valence-electron chi connectivity index (χ0n) is 16.3. The van der Waals surface area contributed by atoms with E-state index in [1.165, 1.54) is 0 Å². The molecular formula is C18H36N4O2S. The highest BCUT2D eigenvalue weighted by atomic mass is 32.2. The van der Waals surface area contributed by atoms with Crippen LogP contribution < -0.4 is 10.6 Å². The molecule has 3 N–H and O–H groups in total. The van der Waals surface area contributed by atoms with Gasteiger partial charge in [0.1, 0.15) is 0 Å². The largest absolute Gasteiger partial charge is 0.387 e. The zero-order valence-corrected chi connectivity index (χ0v) is 17.1. The second-order valence-corrected chi connectivity index (χ2v) is 9.03. The summed E-state index contributed by atoms with van der Waals surface area (Å²) in [6, 6.07) is 0. The molecule has 2 aliphatic rings. The molecule has 2 atom stereocenters. The molecule has 2 unspecified atom stereocenters. The second-order valence-electron chi connectivity index (χ2n) is 7.55. The van der Waals surface area contributed by atoms with Crippen LogP contribution in [0, 0.1) is 0 Å². The molecule has 0 spiro atoms. The molecule has 1 aliphatic carbocycles. The van der Waals surface area contributed by atoms with Crippen LogP contribution in [-0.2, 0) is 4.74 Å². The highest BCUT2D eigenvalue weighted by Crippen LogP contribution is 2.40. The molecule has 1 aliphatic heterocycles. The van der Waals surface area contributed by atoms with Crippen LogP contribution in [-0.4, -0.2) is 84.0 Å². The number of hydrogen-bond donors (Lipinski definition) is 3. The highest BCUT2D eigenvalue weighted by Gasteiger charge is 2.45. The van der Waals surface area contributed by atoms with Gasteiger partial charge < -0.3 is 20.5 Å². The summed E-state index contributed by atoms with van der Waals surface area (Å²) in [5.74, 6) is 1.85. The summed E-state index contributed by atoms with van der Waals surface area (Å²) in [6.45, 7) is 14.3. The van der Waals surface area contributed by atoms with Crippen LogP contribution in [0.25, 0.3) is 0 Å². The normalized spacial score (nSPS) is 28.5. The Morgan fingerprint density at radius 2 is 2.04 bits per heavy atom. The van der Waals surface area contributed by atoms with Gasteiger partial charge in [-0.25, -0.2) is 0 Å². The molecule has 2 rings (SSSR count). The van der Waals surface area contributed by atoms with Crippen molar-refractivity contribution in [3.05, 3.63) is 0 Å². The number of thioether (sulfide) groups is 1. The number of guanidine groups is 1. The molecule has 0 bridgehead atoms. The van der Waals surface area contributed by atoms with Gasteiger partial charge in [0, 0.05) is 37.0 Å². The minimum Gasteiger partial charge on any atom is -0.387 e. The van der Waals surface area contributed by atoms with Crippen LogP contribution in [0.4, 0.5) is 0 Å². The van der Waals surface area contributed by atoms with Gasteiger partial charge >= 0.3 is 0 Å². The van der Waals surface area contributed by atoms with Gasteiger partial charge in [0.25, 0.3) is 0 Å². The number of rotatable bonds is 8. The van der Waals surface area contributed by atoms with E-state index in [9.17, 15) is 5.11 Å². The van der Waals surface area contributed by atoms with Crippen LogP contribution in [0.1, 0.15) is 40.5 Å². The van der Waals surface area contributed by atoms with Crippen molar-refractivity contribution in [2.45, 2.75) is 56.9 Å². The van der Waals surface area contributed by atoms with Gasteiger partial charge in [0.2, 0.25) is 0 Å². The number of nitrogens with zero attached hydrogens (tertiary/aromatic N) is 2. The molecule has 1 saturated heterocycles. The van der Waals surface area contributed by atoms with Crippen LogP contribution in [0.2, 0.25) is 0 Å². The lowest BCUT2D eigenvalue weighted by atomic mass is 9.79. The average molecular weight is 373 g/mol. The summed E-state index contributed by atoms with van der Waals surface area (Å²) in [4.78, 5) is 7.23. The molecule has 0 aromatic rings. The molecule has 25 heavy (non-hydrogen) atoms. The molecular weight excluding hydrogens is 336 g/mol. The van der Waals surface area contributed by atoms with Gasteiger partial charge in [-0.05, 0) is 39.4 Å². The highest BCUT2D eigenvalue weighted by molar-refractivity contribution is 8.00. The lowest BCUT2D eigenvalue weighted by Gasteiger charge is -2.45.